The summed E-state index contributed by atoms with van der Waals surface area (Å²) in [7, 11) is 0. The lowest BCUT2D eigenvalue weighted by atomic mass is 10.0. The molecule has 3 heterocycles. The summed E-state index contributed by atoms with van der Waals surface area (Å²) in [6.07, 6.45) is 5.95. The van der Waals surface area contributed by atoms with Gasteiger partial charge in [0.15, 0.2) is 17.7 Å². The SMILES string of the molecule is O=CN1CCC(n2c(=O)n(Cc3ccc(C4=CCCC=C4F)nc3)c(=O)c3cc(OC(CF)CF)c(F)cc32)CC1. The Hall–Kier alpha value is -4.22. The Morgan fingerprint density at radius 3 is 2.41 bits per heavy atom. The van der Waals surface area contributed by atoms with Crippen LogP contribution in [0, 0.1) is 5.82 Å². The largest absolute Gasteiger partial charge is 0.482 e. The summed E-state index contributed by atoms with van der Waals surface area (Å²) in [4.78, 5) is 44.5. The molecule has 0 bridgehead atoms. The second kappa shape index (κ2) is 12.1. The Kier molecular flexibility index (Phi) is 8.36. The fraction of sp³-hybridized carbons (Fsp3) is 0.379. The number of benzene rings is 1. The minimum Gasteiger partial charge on any atom is -0.482 e. The summed E-state index contributed by atoms with van der Waals surface area (Å²) in [5.74, 6) is -1.85. The molecule has 0 N–H and O–H groups in total. The number of carbonyl (C=O) groups excluding carboxylic acids is 1. The zero-order valence-electron chi connectivity index (χ0n) is 22.1. The van der Waals surface area contributed by atoms with E-state index in [1.807, 2.05) is 0 Å². The molecule has 1 aliphatic carbocycles. The van der Waals surface area contributed by atoms with Gasteiger partial charge in [-0.2, -0.15) is 0 Å². The Morgan fingerprint density at radius 2 is 1.78 bits per heavy atom. The van der Waals surface area contributed by atoms with Crippen molar-refractivity contribution in [2.24, 2.45) is 0 Å². The fourth-order valence-corrected chi connectivity index (χ4v) is 5.23. The van der Waals surface area contributed by atoms with E-state index >= 15 is 4.39 Å². The lowest BCUT2D eigenvalue weighted by Crippen LogP contribution is -2.44. The van der Waals surface area contributed by atoms with Crippen molar-refractivity contribution < 1.29 is 27.1 Å². The van der Waals surface area contributed by atoms with Gasteiger partial charge in [0, 0.05) is 37.0 Å². The summed E-state index contributed by atoms with van der Waals surface area (Å²) in [6, 6.07) is 4.82. The number of piperidine rings is 1. The molecule has 1 amide bonds. The van der Waals surface area contributed by atoms with Crippen LogP contribution in [0.3, 0.4) is 0 Å². The summed E-state index contributed by atoms with van der Waals surface area (Å²) in [5, 5.41) is -0.0700. The third kappa shape index (κ3) is 5.68. The van der Waals surface area contributed by atoms with Gasteiger partial charge in [0.2, 0.25) is 6.41 Å². The van der Waals surface area contributed by atoms with Crippen molar-refractivity contribution in [1.29, 1.82) is 0 Å². The van der Waals surface area contributed by atoms with E-state index in [4.69, 9.17) is 4.74 Å². The van der Waals surface area contributed by atoms with Crippen molar-refractivity contribution in [3.05, 3.63) is 86.4 Å². The number of rotatable bonds is 9. The topological polar surface area (TPSA) is 86.4 Å². The molecule has 0 unspecified atom stereocenters. The van der Waals surface area contributed by atoms with Gasteiger partial charge < -0.3 is 9.64 Å². The molecule has 0 atom stereocenters. The number of fused-ring (bicyclic) bond motifs is 1. The van der Waals surface area contributed by atoms with Crippen LogP contribution in [0.5, 0.6) is 5.75 Å². The normalized spacial score (nSPS) is 16.2. The fourth-order valence-electron chi connectivity index (χ4n) is 5.23. The number of halogens is 4. The van der Waals surface area contributed by atoms with Gasteiger partial charge in [-0.1, -0.05) is 12.1 Å². The number of amides is 1. The average Bonchev–Trinajstić information content (AvgIpc) is 2.99. The number of likely N-dealkylation sites (tertiary alicyclic amines) is 1. The first-order chi connectivity index (χ1) is 19.8. The Balaban J connectivity index is 1.59. The molecule has 1 fully saturated rings. The number of alkyl halides is 2. The van der Waals surface area contributed by atoms with Gasteiger partial charge >= 0.3 is 5.69 Å². The highest BCUT2D eigenvalue weighted by Gasteiger charge is 2.26. The van der Waals surface area contributed by atoms with E-state index in [1.165, 1.54) is 16.8 Å². The van der Waals surface area contributed by atoms with Crippen LogP contribution in [0.4, 0.5) is 17.6 Å². The van der Waals surface area contributed by atoms with E-state index in [0.717, 1.165) is 23.1 Å². The molecule has 1 saturated heterocycles. The van der Waals surface area contributed by atoms with Crippen LogP contribution in [0.1, 0.15) is 43.0 Å². The first-order valence-electron chi connectivity index (χ1n) is 13.3. The molecule has 3 aromatic rings. The van der Waals surface area contributed by atoms with Crippen molar-refractivity contribution in [3.8, 4) is 5.75 Å². The van der Waals surface area contributed by atoms with Crippen molar-refractivity contribution in [2.75, 3.05) is 26.4 Å². The van der Waals surface area contributed by atoms with Crippen LogP contribution < -0.4 is 16.0 Å². The third-order valence-corrected chi connectivity index (χ3v) is 7.41. The minimum absolute atomic E-state index is 0.0164. The third-order valence-electron chi connectivity index (χ3n) is 7.41. The van der Waals surface area contributed by atoms with E-state index in [0.29, 0.717) is 55.6 Å². The number of ether oxygens (including phenoxy) is 1. The van der Waals surface area contributed by atoms with Crippen LogP contribution in [-0.2, 0) is 11.3 Å². The summed E-state index contributed by atoms with van der Waals surface area (Å²) < 4.78 is 63.0. The Morgan fingerprint density at radius 1 is 1.05 bits per heavy atom. The molecule has 2 aliphatic rings. The highest BCUT2D eigenvalue weighted by molar-refractivity contribution is 5.80. The van der Waals surface area contributed by atoms with Gasteiger partial charge in [0.05, 0.1) is 23.1 Å². The number of pyridine rings is 1. The van der Waals surface area contributed by atoms with Crippen LogP contribution in [-0.4, -0.2) is 58.0 Å². The molecule has 0 saturated carbocycles. The maximum atomic E-state index is 15.1. The molecule has 216 valence electrons. The Labute approximate surface area is 232 Å². The van der Waals surface area contributed by atoms with E-state index in [9.17, 15) is 27.6 Å². The van der Waals surface area contributed by atoms with Gasteiger partial charge in [0.1, 0.15) is 19.2 Å². The van der Waals surface area contributed by atoms with Crippen LogP contribution >= 0.6 is 0 Å². The van der Waals surface area contributed by atoms with Crippen LogP contribution in [0.15, 0.2) is 58.0 Å². The van der Waals surface area contributed by atoms with Gasteiger partial charge in [0.25, 0.3) is 5.56 Å². The van der Waals surface area contributed by atoms with E-state index in [1.54, 1.807) is 23.1 Å². The molecule has 12 heteroatoms. The number of aromatic nitrogens is 3. The number of nitrogens with zero attached hydrogens (tertiary/aromatic N) is 4. The van der Waals surface area contributed by atoms with E-state index in [-0.39, 0.29) is 23.3 Å². The second-order valence-electron chi connectivity index (χ2n) is 10.1. The van der Waals surface area contributed by atoms with Gasteiger partial charge in [-0.3, -0.25) is 23.7 Å². The number of carbonyl (C=O) groups is 1. The quantitative estimate of drug-likeness (QED) is 0.283. The lowest BCUT2D eigenvalue weighted by molar-refractivity contribution is -0.119. The molecule has 1 aliphatic heterocycles. The molecule has 1 aromatic carbocycles. The molecule has 0 spiro atoms. The first-order valence-corrected chi connectivity index (χ1v) is 13.3. The molecule has 41 heavy (non-hydrogen) atoms. The summed E-state index contributed by atoms with van der Waals surface area (Å²) in [5.41, 5.74) is -0.129. The molecule has 8 nitrogen and oxygen atoms in total. The zero-order valence-corrected chi connectivity index (χ0v) is 22.1. The summed E-state index contributed by atoms with van der Waals surface area (Å²) in [6.45, 7) is -1.85. The van der Waals surface area contributed by atoms with Crippen LogP contribution in [0.2, 0.25) is 0 Å². The first kappa shape index (κ1) is 28.3. The summed E-state index contributed by atoms with van der Waals surface area (Å²) >= 11 is 0. The van der Waals surface area contributed by atoms with Gasteiger partial charge in [-0.15, -0.1) is 0 Å². The van der Waals surface area contributed by atoms with Gasteiger partial charge in [-0.25, -0.2) is 22.4 Å². The Bertz CT molecular complexity index is 1620. The highest BCUT2D eigenvalue weighted by atomic mass is 19.1. The van der Waals surface area contributed by atoms with E-state index in [2.05, 4.69) is 4.98 Å². The maximum Gasteiger partial charge on any atom is 0.332 e. The second-order valence-corrected chi connectivity index (χ2v) is 10.1. The van der Waals surface area contributed by atoms with Crippen LogP contribution in [0.25, 0.3) is 16.5 Å². The zero-order chi connectivity index (χ0) is 29.1. The number of allylic oxidation sites excluding steroid dienone is 4. The molecule has 0 radical (unpaired) electrons. The molecular formula is C29H28F4N4O4. The van der Waals surface area contributed by atoms with Crippen molar-refractivity contribution in [2.45, 2.75) is 44.4 Å². The molecular weight excluding hydrogens is 544 g/mol. The predicted octanol–water partition coefficient (Wildman–Crippen LogP) is 4.26. The number of hydrogen-bond acceptors (Lipinski definition) is 5. The smallest absolute Gasteiger partial charge is 0.332 e. The molecule has 2 aromatic heterocycles. The standard InChI is InChI=1S/C29H28F4N4O4/c30-13-20(14-31)41-27-11-22-26(12-24(27)33)37(19-7-9-35(17-38)10-8-19)29(40)36(28(22)39)16-18-5-6-25(34-15-18)21-3-1-2-4-23(21)32/h3-6,11-12,15,17,19-20H,1-2,7-10,13-14,16H2. The molecule has 5 rings (SSSR count). The number of hydrogen-bond donors (Lipinski definition) is 0. The minimum atomic E-state index is -1.55. The van der Waals surface area contributed by atoms with Crippen molar-refractivity contribution >= 4 is 22.9 Å². The highest BCUT2D eigenvalue weighted by Crippen LogP contribution is 2.29. The van der Waals surface area contributed by atoms with E-state index < -0.39 is 48.3 Å². The predicted molar refractivity (Wildman–Crippen MR) is 144 cm³/mol. The van der Waals surface area contributed by atoms with Gasteiger partial charge in [-0.05, 0) is 49.5 Å². The van der Waals surface area contributed by atoms with Crippen molar-refractivity contribution in [3.63, 3.8) is 0 Å². The lowest BCUT2D eigenvalue weighted by Gasteiger charge is -2.31. The maximum absolute atomic E-state index is 15.1. The monoisotopic (exact) mass is 572 g/mol. The average molecular weight is 573 g/mol. The van der Waals surface area contributed by atoms with Crippen molar-refractivity contribution in [1.82, 2.24) is 19.0 Å².